The quantitative estimate of drug-likeness (QED) is 0.821. The van der Waals surface area contributed by atoms with Gasteiger partial charge in [0.05, 0.1) is 6.42 Å². The van der Waals surface area contributed by atoms with Gasteiger partial charge in [0, 0.05) is 0 Å². The Morgan fingerprint density at radius 2 is 1.87 bits per heavy atom. The van der Waals surface area contributed by atoms with Gasteiger partial charge in [-0.3, -0.25) is 4.79 Å². The molecule has 0 saturated carbocycles. The molecule has 6 heteroatoms. The highest BCUT2D eigenvalue weighted by molar-refractivity contribution is 6.30. The van der Waals surface area contributed by atoms with Crippen molar-refractivity contribution in [2.45, 2.75) is 32.9 Å². The molecular formula is C9H12ClF3O2. The number of rotatable bonds is 4. The maximum atomic E-state index is 12.0. The summed E-state index contributed by atoms with van der Waals surface area (Å²) in [6.07, 6.45) is -3.98. The number of aliphatic carboxylic acids is 1. The first-order chi connectivity index (χ1) is 6.54. The largest absolute Gasteiger partial charge is 0.481 e. The third-order valence-electron chi connectivity index (χ3n) is 1.73. The second kappa shape index (κ2) is 4.88. The van der Waals surface area contributed by atoms with Crippen LogP contribution in [0.3, 0.4) is 0 Å². The van der Waals surface area contributed by atoms with Crippen LogP contribution in [-0.2, 0) is 4.79 Å². The highest BCUT2D eigenvalue weighted by Crippen LogP contribution is 2.32. The van der Waals surface area contributed by atoms with Crippen LogP contribution in [0.4, 0.5) is 13.2 Å². The van der Waals surface area contributed by atoms with Gasteiger partial charge in [0.1, 0.15) is 5.03 Å². The topological polar surface area (TPSA) is 37.3 Å². The minimum atomic E-state index is -4.55. The van der Waals surface area contributed by atoms with Crippen molar-refractivity contribution in [3.05, 3.63) is 11.1 Å². The lowest BCUT2D eigenvalue weighted by atomic mass is 9.85. The van der Waals surface area contributed by atoms with E-state index in [4.69, 9.17) is 16.7 Å². The molecule has 0 spiro atoms. The number of carboxylic acids is 1. The Morgan fingerprint density at radius 1 is 1.40 bits per heavy atom. The molecule has 0 aliphatic rings. The smallest absolute Gasteiger partial charge is 0.426 e. The molecule has 0 unspecified atom stereocenters. The van der Waals surface area contributed by atoms with E-state index < -0.39 is 22.6 Å². The van der Waals surface area contributed by atoms with E-state index in [0.29, 0.717) is 0 Å². The monoisotopic (exact) mass is 244 g/mol. The van der Waals surface area contributed by atoms with E-state index in [1.165, 1.54) is 0 Å². The summed E-state index contributed by atoms with van der Waals surface area (Å²) in [7, 11) is 0. The number of halogens is 4. The maximum Gasteiger partial charge on any atom is 0.426 e. The summed E-state index contributed by atoms with van der Waals surface area (Å²) in [6.45, 7) is 3.14. The van der Waals surface area contributed by atoms with Gasteiger partial charge >= 0.3 is 12.1 Å². The fourth-order valence-corrected chi connectivity index (χ4v) is 1.04. The van der Waals surface area contributed by atoms with E-state index >= 15 is 0 Å². The van der Waals surface area contributed by atoms with Crippen LogP contribution in [0, 0.1) is 5.41 Å². The fraction of sp³-hybridized carbons (Fsp3) is 0.667. The molecule has 0 aromatic rings. The van der Waals surface area contributed by atoms with Crippen LogP contribution < -0.4 is 0 Å². The minimum Gasteiger partial charge on any atom is -0.481 e. The molecule has 15 heavy (non-hydrogen) atoms. The van der Waals surface area contributed by atoms with Gasteiger partial charge in [-0.15, -0.1) is 0 Å². The van der Waals surface area contributed by atoms with E-state index in [1.807, 2.05) is 0 Å². The van der Waals surface area contributed by atoms with E-state index in [9.17, 15) is 18.0 Å². The SMILES string of the molecule is CC(C)(C/C=C(\Cl)C(F)(F)F)CC(=O)O. The molecule has 0 saturated heterocycles. The van der Waals surface area contributed by atoms with Crippen molar-refractivity contribution >= 4 is 17.6 Å². The van der Waals surface area contributed by atoms with Crippen LogP contribution in [0.1, 0.15) is 26.7 Å². The van der Waals surface area contributed by atoms with E-state index in [0.717, 1.165) is 6.08 Å². The summed E-state index contributed by atoms with van der Waals surface area (Å²) < 4.78 is 35.9. The van der Waals surface area contributed by atoms with Gasteiger partial charge in [0.2, 0.25) is 0 Å². The van der Waals surface area contributed by atoms with E-state index in [1.54, 1.807) is 13.8 Å². The Hall–Kier alpha value is -0.710. The normalized spacial score (nSPS) is 14.1. The Bertz CT molecular complexity index is 269. The number of hydrogen-bond acceptors (Lipinski definition) is 1. The molecule has 0 rings (SSSR count). The Balaban J connectivity index is 4.43. The number of alkyl halides is 3. The minimum absolute atomic E-state index is 0.0301. The molecule has 0 heterocycles. The van der Waals surface area contributed by atoms with Crippen molar-refractivity contribution < 1.29 is 23.1 Å². The highest BCUT2D eigenvalue weighted by atomic mass is 35.5. The zero-order chi connectivity index (χ0) is 12.3. The van der Waals surface area contributed by atoms with Crippen molar-refractivity contribution in [2.75, 3.05) is 0 Å². The third-order valence-corrected chi connectivity index (χ3v) is 2.10. The Morgan fingerprint density at radius 3 is 2.20 bits per heavy atom. The summed E-state index contributed by atoms with van der Waals surface area (Å²) in [5.74, 6) is -1.04. The van der Waals surface area contributed by atoms with Gasteiger partial charge in [0.15, 0.2) is 0 Å². The van der Waals surface area contributed by atoms with Crippen LogP contribution in [0.5, 0.6) is 0 Å². The second-order valence-electron chi connectivity index (χ2n) is 3.99. The molecule has 0 radical (unpaired) electrons. The lowest BCUT2D eigenvalue weighted by Crippen LogP contribution is -2.16. The summed E-state index contributed by atoms with van der Waals surface area (Å²) >= 11 is 4.99. The van der Waals surface area contributed by atoms with Gasteiger partial charge in [-0.1, -0.05) is 31.5 Å². The molecule has 0 bridgehead atoms. The second-order valence-corrected chi connectivity index (χ2v) is 4.40. The Labute approximate surface area is 90.7 Å². The van der Waals surface area contributed by atoms with Crippen LogP contribution in [0.25, 0.3) is 0 Å². The van der Waals surface area contributed by atoms with Gasteiger partial charge in [-0.2, -0.15) is 13.2 Å². The maximum absolute atomic E-state index is 12.0. The molecule has 1 N–H and O–H groups in total. The Kier molecular flexibility index (Phi) is 4.65. The molecule has 0 fully saturated rings. The predicted molar refractivity (Wildman–Crippen MR) is 50.6 cm³/mol. The van der Waals surface area contributed by atoms with Crippen molar-refractivity contribution in [1.29, 1.82) is 0 Å². The van der Waals surface area contributed by atoms with Gasteiger partial charge < -0.3 is 5.11 Å². The molecule has 2 nitrogen and oxygen atoms in total. The molecule has 88 valence electrons. The van der Waals surface area contributed by atoms with Crippen LogP contribution in [-0.4, -0.2) is 17.3 Å². The van der Waals surface area contributed by atoms with Gasteiger partial charge in [-0.25, -0.2) is 0 Å². The summed E-state index contributed by atoms with van der Waals surface area (Å²) in [5.41, 5.74) is -0.739. The third kappa shape index (κ3) is 6.38. The molecule has 0 aliphatic heterocycles. The summed E-state index contributed by atoms with van der Waals surface area (Å²) in [4.78, 5) is 10.4. The number of carboxylic acid groups (broad SMARTS) is 1. The number of allylic oxidation sites excluding steroid dienone is 2. The van der Waals surface area contributed by atoms with E-state index in [2.05, 4.69) is 0 Å². The average molecular weight is 245 g/mol. The molecule has 0 amide bonds. The first-order valence-corrected chi connectivity index (χ1v) is 4.57. The lowest BCUT2D eigenvalue weighted by molar-refractivity contribution is -0.139. The van der Waals surface area contributed by atoms with Crippen molar-refractivity contribution in [2.24, 2.45) is 5.41 Å². The zero-order valence-corrected chi connectivity index (χ0v) is 9.11. The van der Waals surface area contributed by atoms with E-state index in [-0.39, 0.29) is 12.8 Å². The number of hydrogen-bond donors (Lipinski definition) is 1. The predicted octanol–water partition coefficient (Wildman–Crippen LogP) is 3.56. The molecule has 0 aromatic carbocycles. The zero-order valence-electron chi connectivity index (χ0n) is 8.36. The van der Waals surface area contributed by atoms with Crippen LogP contribution in [0.2, 0.25) is 0 Å². The fourth-order valence-electron chi connectivity index (χ4n) is 0.963. The molecule has 0 aliphatic carbocycles. The molecule has 0 aromatic heterocycles. The van der Waals surface area contributed by atoms with Crippen molar-refractivity contribution in [3.8, 4) is 0 Å². The first-order valence-electron chi connectivity index (χ1n) is 4.19. The number of carbonyl (C=O) groups is 1. The van der Waals surface area contributed by atoms with Gasteiger partial charge in [0.25, 0.3) is 0 Å². The van der Waals surface area contributed by atoms with Gasteiger partial charge in [-0.05, 0) is 11.8 Å². The van der Waals surface area contributed by atoms with Crippen molar-refractivity contribution in [3.63, 3.8) is 0 Å². The summed E-state index contributed by atoms with van der Waals surface area (Å²) in [5, 5.41) is 7.29. The van der Waals surface area contributed by atoms with Crippen LogP contribution in [0.15, 0.2) is 11.1 Å². The molecular weight excluding hydrogens is 233 g/mol. The lowest BCUT2D eigenvalue weighted by Gasteiger charge is -2.20. The van der Waals surface area contributed by atoms with Crippen LogP contribution >= 0.6 is 11.6 Å². The standard InChI is InChI=1S/C9H12ClF3O2/c1-8(2,5-7(14)15)4-3-6(10)9(11,12)13/h3H,4-5H2,1-2H3,(H,14,15)/b6-3-. The first kappa shape index (κ1) is 14.3. The average Bonchev–Trinajstić information content (AvgIpc) is 1.95. The van der Waals surface area contributed by atoms with Crippen molar-refractivity contribution in [1.82, 2.24) is 0 Å². The summed E-state index contributed by atoms with van der Waals surface area (Å²) in [6, 6.07) is 0. The highest BCUT2D eigenvalue weighted by Gasteiger charge is 2.33. The molecule has 0 atom stereocenters.